The molecule has 1 amide bonds. The number of aromatic nitrogens is 2. The highest BCUT2D eigenvalue weighted by Gasteiger charge is 2.26. The van der Waals surface area contributed by atoms with Crippen LogP contribution in [0.5, 0.6) is 0 Å². The molecule has 0 saturated carbocycles. The van der Waals surface area contributed by atoms with Crippen LogP contribution in [-0.2, 0) is 4.79 Å². The molecule has 94 valence electrons. The third kappa shape index (κ3) is 2.98. The summed E-state index contributed by atoms with van der Waals surface area (Å²) < 4.78 is 0. The first kappa shape index (κ1) is 12.4. The average molecular weight is 244 g/mol. The van der Waals surface area contributed by atoms with Crippen molar-refractivity contribution in [2.75, 3.05) is 24.5 Å². The van der Waals surface area contributed by atoms with Crippen LogP contribution in [0.1, 0.15) is 12.8 Å². The van der Waals surface area contributed by atoms with E-state index in [9.17, 15) is 4.79 Å². The Morgan fingerprint density at radius 3 is 3.06 bits per heavy atom. The number of carbonyl (C=O) groups excluding carboxylic acids is 1. The Bertz CT molecular complexity index is 440. The highest BCUT2D eigenvalue weighted by molar-refractivity contribution is 5.79. The molecule has 18 heavy (non-hydrogen) atoms. The Labute approximate surface area is 107 Å². The second-order valence-electron chi connectivity index (χ2n) is 4.26. The number of anilines is 1. The van der Waals surface area contributed by atoms with Gasteiger partial charge in [0.2, 0.25) is 11.9 Å². The fraction of sp³-hybridized carbons (Fsp3) is 0.462. The van der Waals surface area contributed by atoms with E-state index in [1.165, 1.54) is 0 Å². The first-order valence-electron chi connectivity index (χ1n) is 6.04. The van der Waals surface area contributed by atoms with Crippen molar-refractivity contribution >= 4 is 11.9 Å². The Morgan fingerprint density at radius 1 is 1.56 bits per heavy atom. The molecule has 1 N–H and O–H groups in total. The monoisotopic (exact) mass is 244 g/mol. The third-order valence-corrected chi connectivity index (χ3v) is 2.99. The largest absolute Gasteiger partial charge is 0.345 e. The number of carbonyl (C=O) groups is 1. The summed E-state index contributed by atoms with van der Waals surface area (Å²) in [6.07, 6.45) is 10.4. The number of piperidine rings is 1. The molecule has 0 bridgehead atoms. The van der Waals surface area contributed by atoms with Gasteiger partial charge in [0.1, 0.15) is 0 Å². The van der Waals surface area contributed by atoms with Crippen molar-refractivity contribution in [3.63, 3.8) is 0 Å². The molecule has 1 aliphatic rings. The van der Waals surface area contributed by atoms with E-state index in [0.717, 1.165) is 19.4 Å². The van der Waals surface area contributed by atoms with Gasteiger partial charge >= 0.3 is 0 Å². The summed E-state index contributed by atoms with van der Waals surface area (Å²) in [7, 11) is 0. The Morgan fingerprint density at radius 2 is 2.33 bits per heavy atom. The van der Waals surface area contributed by atoms with Crippen LogP contribution in [0.25, 0.3) is 0 Å². The van der Waals surface area contributed by atoms with E-state index in [1.807, 2.05) is 4.90 Å². The summed E-state index contributed by atoms with van der Waals surface area (Å²) in [5.41, 5.74) is 0. The molecule has 0 radical (unpaired) electrons. The molecule has 5 heteroatoms. The van der Waals surface area contributed by atoms with Crippen molar-refractivity contribution in [3.8, 4) is 12.3 Å². The molecule has 2 heterocycles. The minimum Gasteiger partial charge on any atom is -0.345 e. The van der Waals surface area contributed by atoms with Crippen molar-refractivity contribution in [1.29, 1.82) is 0 Å². The van der Waals surface area contributed by atoms with Gasteiger partial charge in [-0.1, -0.05) is 5.92 Å². The lowest BCUT2D eigenvalue weighted by Gasteiger charge is -2.31. The SMILES string of the molecule is C#CCNC(=O)[C@@H]1CCCN(c2ncccn2)C1. The maximum absolute atomic E-state index is 11.9. The predicted molar refractivity (Wildman–Crippen MR) is 68.8 cm³/mol. The zero-order valence-electron chi connectivity index (χ0n) is 10.2. The van der Waals surface area contributed by atoms with Crippen molar-refractivity contribution in [2.45, 2.75) is 12.8 Å². The number of hydrogen-bond donors (Lipinski definition) is 1. The van der Waals surface area contributed by atoms with Crippen LogP contribution >= 0.6 is 0 Å². The summed E-state index contributed by atoms with van der Waals surface area (Å²) in [4.78, 5) is 22.3. The van der Waals surface area contributed by atoms with Gasteiger partial charge < -0.3 is 10.2 Å². The fourth-order valence-electron chi connectivity index (χ4n) is 2.11. The van der Waals surface area contributed by atoms with Gasteiger partial charge in [0.05, 0.1) is 12.5 Å². The molecule has 0 aliphatic carbocycles. The number of rotatable bonds is 3. The molecule has 1 saturated heterocycles. The number of terminal acetylenes is 1. The molecule has 0 unspecified atom stereocenters. The molecule has 2 rings (SSSR count). The van der Waals surface area contributed by atoms with Gasteiger partial charge in [0.15, 0.2) is 0 Å². The summed E-state index contributed by atoms with van der Waals surface area (Å²) in [6.45, 7) is 1.83. The van der Waals surface area contributed by atoms with Crippen molar-refractivity contribution in [2.24, 2.45) is 5.92 Å². The smallest absolute Gasteiger partial charge is 0.225 e. The molecule has 1 fully saturated rings. The van der Waals surface area contributed by atoms with E-state index < -0.39 is 0 Å². The maximum Gasteiger partial charge on any atom is 0.225 e. The van der Waals surface area contributed by atoms with Gasteiger partial charge in [-0.25, -0.2) is 9.97 Å². The molecule has 0 spiro atoms. The summed E-state index contributed by atoms with van der Waals surface area (Å²) in [5.74, 6) is 3.09. The molecular weight excluding hydrogens is 228 g/mol. The van der Waals surface area contributed by atoms with Gasteiger partial charge in [-0.05, 0) is 18.9 Å². The van der Waals surface area contributed by atoms with E-state index >= 15 is 0 Å². The van der Waals surface area contributed by atoms with Crippen molar-refractivity contribution < 1.29 is 4.79 Å². The van der Waals surface area contributed by atoms with E-state index in [4.69, 9.17) is 6.42 Å². The highest BCUT2D eigenvalue weighted by Crippen LogP contribution is 2.19. The Balaban J connectivity index is 1.97. The van der Waals surface area contributed by atoms with Crippen LogP contribution in [0.4, 0.5) is 5.95 Å². The summed E-state index contributed by atoms with van der Waals surface area (Å²) >= 11 is 0. The lowest BCUT2D eigenvalue weighted by molar-refractivity contribution is -0.124. The van der Waals surface area contributed by atoms with E-state index in [0.29, 0.717) is 12.5 Å². The van der Waals surface area contributed by atoms with Crippen LogP contribution in [0, 0.1) is 18.3 Å². The van der Waals surface area contributed by atoms with Crippen LogP contribution in [0.15, 0.2) is 18.5 Å². The lowest BCUT2D eigenvalue weighted by Crippen LogP contribution is -2.43. The van der Waals surface area contributed by atoms with Crippen LogP contribution in [0.3, 0.4) is 0 Å². The highest BCUT2D eigenvalue weighted by atomic mass is 16.1. The zero-order valence-corrected chi connectivity index (χ0v) is 10.2. The minimum absolute atomic E-state index is 0.0218. The molecular formula is C13H16N4O. The number of nitrogens with one attached hydrogen (secondary N) is 1. The van der Waals surface area contributed by atoms with E-state index in [1.54, 1.807) is 18.5 Å². The van der Waals surface area contributed by atoms with Crippen LogP contribution in [0.2, 0.25) is 0 Å². The molecule has 0 aromatic carbocycles. The Kier molecular flexibility index (Phi) is 4.13. The first-order valence-corrected chi connectivity index (χ1v) is 6.04. The summed E-state index contributed by atoms with van der Waals surface area (Å²) in [5, 5.41) is 2.73. The van der Waals surface area contributed by atoms with Gasteiger partial charge in [0, 0.05) is 25.5 Å². The third-order valence-electron chi connectivity index (χ3n) is 2.99. The van der Waals surface area contributed by atoms with E-state index in [-0.39, 0.29) is 18.4 Å². The quantitative estimate of drug-likeness (QED) is 0.784. The van der Waals surface area contributed by atoms with Crippen molar-refractivity contribution in [3.05, 3.63) is 18.5 Å². The standard InChI is InChI=1S/C13H16N4O/c1-2-6-14-12(18)11-5-3-9-17(10-11)13-15-7-4-8-16-13/h1,4,7-8,11H,3,5-6,9-10H2,(H,14,18)/t11-/m1/s1. The second kappa shape index (κ2) is 6.01. The maximum atomic E-state index is 11.9. The van der Waals surface area contributed by atoms with Gasteiger partial charge in [-0.3, -0.25) is 4.79 Å². The number of amides is 1. The van der Waals surface area contributed by atoms with Crippen LogP contribution in [-0.4, -0.2) is 35.5 Å². The zero-order chi connectivity index (χ0) is 12.8. The van der Waals surface area contributed by atoms with Gasteiger partial charge in [0.25, 0.3) is 0 Å². The normalized spacial score (nSPS) is 19.1. The van der Waals surface area contributed by atoms with Crippen LogP contribution < -0.4 is 10.2 Å². The van der Waals surface area contributed by atoms with Gasteiger partial charge in [-0.2, -0.15) is 0 Å². The lowest BCUT2D eigenvalue weighted by atomic mass is 9.97. The first-order chi connectivity index (χ1) is 8.81. The minimum atomic E-state index is -0.0316. The summed E-state index contributed by atoms with van der Waals surface area (Å²) in [6, 6.07) is 1.78. The second-order valence-corrected chi connectivity index (χ2v) is 4.26. The molecule has 1 aromatic heterocycles. The predicted octanol–water partition coefficient (Wildman–Crippen LogP) is 0.442. The Hall–Kier alpha value is -2.09. The molecule has 1 aromatic rings. The fourth-order valence-corrected chi connectivity index (χ4v) is 2.11. The number of nitrogens with zero attached hydrogens (tertiary/aromatic N) is 3. The molecule has 1 aliphatic heterocycles. The van der Waals surface area contributed by atoms with Gasteiger partial charge in [-0.15, -0.1) is 6.42 Å². The average Bonchev–Trinajstić information content (AvgIpc) is 2.46. The molecule has 1 atom stereocenters. The van der Waals surface area contributed by atoms with E-state index in [2.05, 4.69) is 21.2 Å². The molecule has 5 nitrogen and oxygen atoms in total. The van der Waals surface area contributed by atoms with Crippen molar-refractivity contribution in [1.82, 2.24) is 15.3 Å². The number of hydrogen-bond acceptors (Lipinski definition) is 4. The topological polar surface area (TPSA) is 58.1 Å².